The molecular weight excluding hydrogens is 336 g/mol. The average molecular weight is 364 g/mol. The molecule has 1 N–H and O–H groups in total. The Labute approximate surface area is 153 Å². The van der Waals surface area contributed by atoms with E-state index in [1.807, 2.05) is 0 Å². The van der Waals surface area contributed by atoms with Crippen molar-refractivity contribution in [1.82, 2.24) is 20.0 Å². The highest BCUT2D eigenvalue weighted by Gasteiger charge is 2.52. The van der Waals surface area contributed by atoms with Crippen molar-refractivity contribution in [2.45, 2.75) is 62.8 Å². The minimum absolute atomic E-state index is 0.00138. The summed E-state index contributed by atoms with van der Waals surface area (Å²) >= 11 is 0. The molecule has 0 aromatic rings. The van der Waals surface area contributed by atoms with Crippen molar-refractivity contribution in [2.24, 2.45) is 0 Å². The first-order valence-electron chi connectivity index (χ1n) is 9.77. The number of hydrogen-bond donors (Lipinski definition) is 1. The number of hydrogen-bond acceptors (Lipinski definition) is 4. The molecule has 3 atom stereocenters. The van der Waals surface area contributed by atoms with Crippen molar-refractivity contribution in [1.29, 1.82) is 0 Å². The third-order valence-corrected chi connectivity index (χ3v) is 6.33. The van der Waals surface area contributed by atoms with Gasteiger partial charge in [0.05, 0.1) is 12.6 Å². The Morgan fingerprint density at radius 2 is 1.73 bits per heavy atom. The van der Waals surface area contributed by atoms with Gasteiger partial charge < -0.3 is 24.8 Å². The number of nitrogens with zero attached hydrogens (tertiary/aromatic N) is 3. The molecule has 8 heteroatoms. The molecule has 3 heterocycles. The summed E-state index contributed by atoms with van der Waals surface area (Å²) in [7, 11) is 1.61. The number of carbonyl (C=O) groups is 3. The van der Waals surface area contributed by atoms with Gasteiger partial charge >= 0.3 is 6.03 Å². The number of carbonyl (C=O) groups excluding carboxylic acids is 3. The number of amides is 4. The van der Waals surface area contributed by atoms with Crippen molar-refractivity contribution in [2.75, 3.05) is 33.3 Å². The van der Waals surface area contributed by atoms with Crippen LogP contribution in [0.15, 0.2) is 0 Å². The van der Waals surface area contributed by atoms with Crippen LogP contribution < -0.4 is 5.32 Å². The number of rotatable bonds is 2. The number of piperazine rings is 2. The summed E-state index contributed by atoms with van der Waals surface area (Å²) in [6.45, 7) is 1.65. The number of methoxy groups -OCH3 is 1. The van der Waals surface area contributed by atoms with Gasteiger partial charge in [0.1, 0.15) is 12.1 Å². The fourth-order valence-corrected chi connectivity index (χ4v) is 4.78. The van der Waals surface area contributed by atoms with Crippen LogP contribution in [0.4, 0.5) is 4.79 Å². The van der Waals surface area contributed by atoms with Crippen LogP contribution in [0.3, 0.4) is 0 Å². The molecule has 8 nitrogen and oxygen atoms in total. The lowest BCUT2D eigenvalue weighted by atomic mass is 9.95. The zero-order valence-corrected chi connectivity index (χ0v) is 15.4. The maximum absolute atomic E-state index is 12.9. The van der Waals surface area contributed by atoms with Crippen LogP contribution in [-0.2, 0) is 14.3 Å². The van der Waals surface area contributed by atoms with Crippen LogP contribution in [0, 0.1) is 0 Å². The van der Waals surface area contributed by atoms with E-state index in [9.17, 15) is 14.4 Å². The molecule has 144 valence electrons. The van der Waals surface area contributed by atoms with Gasteiger partial charge in [-0.3, -0.25) is 9.59 Å². The highest BCUT2D eigenvalue weighted by molar-refractivity contribution is 5.98. The van der Waals surface area contributed by atoms with Gasteiger partial charge in [-0.2, -0.15) is 0 Å². The number of nitrogens with one attached hydrogen (secondary N) is 1. The van der Waals surface area contributed by atoms with Gasteiger partial charge in [0.25, 0.3) is 0 Å². The summed E-state index contributed by atoms with van der Waals surface area (Å²) in [6, 6.07) is -0.815. The molecule has 0 bridgehead atoms. The third-order valence-electron chi connectivity index (χ3n) is 6.33. The van der Waals surface area contributed by atoms with Crippen molar-refractivity contribution >= 4 is 17.8 Å². The smallest absolute Gasteiger partial charge is 0.317 e. The molecule has 0 spiro atoms. The van der Waals surface area contributed by atoms with Crippen molar-refractivity contribution in [3.8, 4) is 0 Å². The van der Waals surface area contributed by atoms with Gasteiger partial charge in [0, 0.05) is 39.2 Å². The predicted octanol–water partition coefficient (Wildman–Crippen LogP) is 0.171. The second-order valence-corrected chi connectivity index (χ2v) is 7.88. The molecule has 1 aliphatic carbocycles. The number of urea groups is 1. The molecule has 0 aromatic carbocycles. The Balaban J connectivity index is 1.42. The van der Waals surface area contributed by atoms with Gasteiger partial charge in [-0.1, -0.05) is 19.3 Å². The molecule has 4 rings (SSSR count). The Morgan fingerprint density at radius 3 is 2.46 bits per heavy atom. The molecule has 0 aromatic heterocycles. The van der Waals surface area contributed by atoms with Crippen LogP contribution in [0.5, 0.6) is 0 Å². The minimum Gasteiger partial charge on any atom is -0.380 e. The molecule has 4 amide bonds. The van der Waals surface area contributed by atoms with E-state index < -0.39 is 12.1 Å². The van der Waals surface area contributed by atoms with Crippen LogP contribution in [0.1, 0.15) is 38.5 Å². The zero-order valence-electron chi connectivity index (χ0n) is 15.4. The van der Waals surface area contributed by atoms with Crippen LogP contribution in [0.2, 0.25) is 0 Å². The van der Waals surface area contributed by atoms with E-state index in [4.69, 9.17) is 4.74 Å². The molecule has 4 fully saturated rings. The second kappa shape index (κ2) is 7.06. The maximum atomic E-state index is 12.9. The van der Waals surface area contributed by atoms with E-state index >= 15 is 0 Å². The fraction of sp³-hybridized carbons (Fsp3) is 0.833. The fourth-order valence-electron chi connectivity index (χ4n) is 4.78. The highest BCUT2D eigenvalue weighted by atomic mass is 16.5. The van der Waals surface area contributed by atoms with E-state index in [1.54, 1.807) is 21.8 Å². The molecule has 4 aliphatic rings. The lowest BCUT2D eigenvalue weighted by molar-refractivity contribution is -0.162. The molecule has 3 aliphatic heterocycles. The van der Waals surface area contributed by atoms with Crippen LogP contribution >= 0.6 is 0 Å². The lowest BCUT2D eigenvalue weighted by Gasteiger charge is -2.47. The second-order valence-electron chi connectivity index (χ2n) is 7.88. The van der Waals surface area contributed by atoms with E-state index in [0.717, 1.165) is 25.7 Å². The summed E-state index contributed by atoms with van der Waals surface area (Å²) in [6.07, 6.45) is 6.09. The molecular formula is C18H28N4O4. The summed E-state index contributed by atoms with van der Waals surface area (Å²) in [4.78, 5) is 43.4. The van der Waals surface area contributed by atoms with Gasteiger partial charge in [0.2, 0.25) is 11.8 Å². The van der Waals surface area contributed by atoms with Crippen LogP contribution in [-0.4, -0.2) is 90.1 Å². The number of ether oxygens (including phenoxy) is 1. The summed E-state index contributed by atoms with van der Waals surface area (Å²) < 4.78 is 5.36. The van der Waals surface area contributed by atoms with E-state index in [0.29, 0.717) is 26.1 Å². The van der Waals surface area contributed by atoms with Crippen molar-refractivity contribution < 1.29 is 19.1 Å². The van der Waals surface area contributed by atoms with Crippen LogP contribution in [0.25, 0.3) is 0 Å². The first-order valence-corrected chi connectivity index (χ1v) is 9.77. The maximum Gasteiger partial charge on any atom is 0.317 e. The standard InChI is InChI=1S/C18H28N4O4/c1-26-13-9-14-16(23)21-8-7-20(11-15(21)17(24)22(14)10-13)18(25)19-12-5-3-2-4-6-12/h12-15H,2-11H2,1H3,(H,19,25)/t13-,14+,15+/m1/s1. The Morgan fingerprint density at radius 1 is 1.00 bits per heavy atom. The van der Waals surface area contributed by atoms with E-state index in [-0.39, 0.29) is 36.5 Å². The topological polar surface area (TPSA) is 82.2 Å². The molecule has 3 saturated heterocycles. The van der Waals surface area contributed by atoms with E-state index in [2.05, 4.69) is 5.32 Å². The Kier molecular flexibility index (Phi) is 4.77. The van der Waals surface area contributed by atoms with Gasteiger partial charge in [-0.15, -0.1) is 0 Å². The molecule has 0 unspecified atom stereocenters. The number of fused-ring (bicyclic) bond motifs is 2. The first kappa shape index (κ1) is 17.6. The minimum atomic E-state index is -0.555. The Hall–Kier alpha value is -1.83. The largest absolute Gasteiger partial charge is 0.380 e. The van der Waals surface area contributed by atoms with Gasteiger partial charge in [-0.05, 0) is 12.8 Å². The summed E-state index contributed by atoms with van der Waals surface area (Å²) in [5.41, 5.74) is 0. The van der Waals surface area contributed by atoms with Gasteiger partial charge in [0.15, 0.2) is 0 Å². The third kappa shape index (κ3) is 3.04. The summed E-state index contributed by atoms with van der Waals surface area (Å²) in [5, 5.41) is 3.11. The highest BCUT2D eigenvalue weighted by Crippen LogP contribution is 2.30. The summed E-state index contributed by atoms with van der Waals surface area (Å²) in [5.74, 6) is -0.0502. The Bertz CT molecular complexity index is 592. The quantitative estimate of drug-likeness (QED) is 0.757. The van der Waals surface area contributed by atoms with E-state index in [1.165, 1.54) is 6.42 Å². The SMILES string of the molecule is CO[C@@H]1C[C@H]2C(=O)N3CCN(C(=O)NC4CCCCC4)C[C@H]3C(=O)N2C1. The van der Waals surface area contributed by atoms with Gasteiger partial charge in [-0.25, -0.2) is 4.79 Å². The molecule has 0 radical (unpaired) electrons. The first-order chi connectivity index (χ1) is 12.6. The zero-order chi connectivity index (χ0) is 18.3. The normalized spacial score (nSPS) is 32.5. The average Bonchev–Trinajstić information content (AvgIpc) is 3.11. The van der Waals surface area contributed by atoms with Crippen molar-refractivity contribution in [3.05, 3.63) is 0 Å². The monoisotopic (exact) mass is 364 g/mol. The lowest BCUT2D eigenvalue weighted by Crippen LogP contribution is -2.69. The molecule has 1 saturated carbocycles. The van der Waals surface area contributed by atoms with Crippen molar-refractivity contribution in [3.63, 3.8) is 0 Å². The molecule has 26 heavy (non-hydrogen) atoms. The predicted molar refractivity (Wildman–Crippen MR) is 93.4 cm³/mol.